The molecule has 0 heterocycles. The van der Waals surface area contributed by atoms with Crippen LogP contribution in [-0.4, -0.2) is 14.9 Å². The largest absolute Gasteiger partial charge is 0.345 e. The molecular weight excluding hydrogens is 166 g/mol. The summed E-state index contributed by atoms with van der Waals surface area (Å²) in [5, 5.41) is 0.265. The summed E-state index contributed by atoms with van der Waals surface area (Å²) in [5.74, 6) is 0. The summed E-state index contributed by atoms with van der Waals surface area (Å²) in [6.07, 6.45) is 1.80. The van der Waals surface area contributed by atoms with Crippen molar-refractivity contribution in [3.05, 3.63) is 12.7 Å². The van der Waals surface area contributed by atoms with Gasteiger partial charge in [0.2, 0.25) is 8.32 Å². The maximum Gasteiger partial charge on any atom is 0.219 e. The summed E-state index contributed by atoms with van der Waals surface area (Å²) in [4.78, 5) is 0. The first kappa shape index (κ1) is 11.9. The molecule has 0 aromatic carbocycles. The van der Waals surface area contributed by atoms with E-state index in [4.69, 9.17) is 4.53 Å². The summed E-state index contributed by atoms with van der Waals surface area (Å²) in [6.45, 7) is 15.4. The maximum absolute atomic E-state index is 5.65. The molecule has 0 amide bonds. The highest BCUT2D eigenvalue weighted by molar-refractivity contribution is 6.74. The summed E-state index contributed by atoms with van der Waals surface area (Å²) >= 11 is 0. The Morgan fingerprint density at radius 1 is 1.42 bits per heavy atom. The topological polar surface area (TPSA) is 21.3 Å². The molecule has 2 nitrogen and oxygen atoms in total. The zero-order valence-corrected chi connectivity index (χ0v) is 9.90. The first-order valence-electron chi connectivity index (χ1n) is 4.33. The van der Waals surface area contributed by atoms with Gasteiger partial charge in [0.15, 0.2) is 0 Å². The van der Waals surface area contributed by atoms with E-state index in [1.54, 1.807) is 6.08 Å². The Morgan fingerprint density at radius 2 is 1.92 bits per heavy atom. The van der Waals surface area contributed by atoms with Gasteiger partial charge in [0.25, 0.3) is 0 Å². The molecule has 0 rings (SSSR count). The number of nitrogens with one attached hydrogen (secondary N) is 1. The van der Waals surface area contributed by atoms with Crippen LogP contribution in [0.5, 0.6) is 0 Å². The van der Waals surface area contributed by atoms with E-state index in [0.717, 1.165) is 0 Å². The van der Waals surface area contributed by atoms with Crippen LogP contribution >= 0.6 is 0 Å². The summed E-state index contributed by atoms with van der Waals surface area (Å²) < 4.78 is 5.65. The Morgan fingerprint density at radius 3 is 2.25 bits per heavy atom. The monoisotopic (exact) mass is 187 g/mol. The molecule has 0 aromatic rings. The normalized spacial score (nSPS) is 13.1. The van der Waals surface area contributed by atoms with Crippen LogP contribution in [0.1, 0.15) is 20.8 Å². The van der Waals surface area contributed by atoms with E-state index in [1.807, 2.05) is 0 Å². The molecule has 0 unspecified atom stereocenters. The van der Waals surface area contributed by atoms with Crippen molar-refractivity contribution in [2.24, 2.45) is 0 Å². The third kappa shape index (κ3) is 3.52. The van der Waals surface area contributed by atoms with Crippen LogP contribution in [0.4, 0.5) is 0 Å². The zero-order chi connectivity index (χ0) is 9.83. The second-order valence-electron chi connectivity index (χ2n) is 4.50. The number of hydrogen-bond donors (Lipinski definition) is 1. The van der Waals surface area contributed by atoms with Crippen molar-refractivity contribution in [3.63, 3.8) is 0 Å². The fourth-order valence-corrected chi connectivity index (χ4v) is 1.18. The Labute approximate surface area is 77.1 Å². The first-order chi connectivity index (χ1) is 5.31. The Balaban J connectivity index is 3.95. The van der Waals surface area contributed by atoms with Gasteiger partial charge in [0.1, 0.15) is 0 Å². The molecule has 0 atom stereocenters. The van der Waals surface area contributed by atoms with Gasteiger partial charge in [-0.3, -0.25) is 0 Å². The SMILES string of the molecule is C=CCNO[Si](C)(C)C(C)(C)C. The number of rotatable bonds is 4. The van der Waals surface area contributed by atoms with Gasteiger partial charge < -0.3 is 4.53 Å². The lowest BCUT2D eigenvalue weighted by molar-refractivity contribution is 0.185. The number of hydrogen-bond acceptors (Lipinski definition) is 2. The molecule has 0 saturated carbocycles. The molecule has 1 N–H and O–H groups in total. The molecule has 0 aliphatic carbocycles. The minimum absolute atomic E-state index is 0.265. The molecule has 0 saturated heterocycles. The quantitative estimate of drug-likeness (QED) is 0.316. The zero-order valence-electron chi connectivity index (χ0n) is 8.90. The minimum Gasteiger partial charge on any atom is -0.345 e. The van der Waals surface area contributed by atoms with E-state index >= 15 is 0 Å². The fourth-order valence-electron chi connectivity index (χ4n) is 0.434. The van der Waals surface area contributed by atoms with E-state index in [9.17, 15) is 0 Å². The molecule has 0 aliphatic heterocycles. The number of hydroxylamine groups is 1. The van der Waals surface area contributed by atoms with Crippen molar-refractivity contribution in [1.82, 2.24) is 5.48 Å². The second kappa shape index (κ2) is 4.21. The van der Waals surface area contributed by atoms with Crippen LogP contribution in [0.15, 0.2) is 12.7 Å². The predicted molar refractivity (Wildman–Crippen MR) is 56.5 cm³/mol. The molecule has 0 aliphatic rings. The molecule has 72 valence electrons. The minimum atomic E-state index is -1.60. The standard InChI is InChI=1S/C9H21NOSi/c1-7-8-10-11-12(5,6)9(2,3)4/h7,10H,1,8H2,2-6H3. The van der Waals surface area contributed by atoms with Crippen LogP contribution in [0.2, 0.25) is 18.1 Å². The van der Waals surface area contributed by atoms with Gasteiger partial charge >= 0.3 is 0 Å². The summed E-state index contributed by atoms with van der Waals surface area (Å²) in [5.41, 5.74) is 2.93. The van der Waals surface area contributed by atoms with E-state index in [2.05, 4.69) is 45.9 Å². The summed E-state index contributed by atoms with van der Waals surface area (Å²) in [7, 11) is -1.60. The van der Waals surface area contributed by atoms with Gasteiger partial charge in [0, 0.05) is 6.54 Å². The highest BCUT2D eigenvalue weighted by atomic mass is 28.4. The fraction of sp³-hybridized carbons (Fsp3) is 0.778. The molecule has 12 heavy (non-hydrogen) atoms. The molecular formula is C9H21NOSi. The maximum atomic E-state index is 5.65. The Bertz CT molecular complexity index is 149. The predicted octanol–water partition coefficient (Wildman–Crippen LogP) is 2.70. The lowest BCUT2D eigenvalue weighted by Gasteiger charge is -2.35. The van der Waals surface area contributed by atoms with Crippen LogP contribution < -0.4 is 5.48 Å². The van der Waals surface area contributed by atoms with Crippen molar-refractivity contribution in [2.45, 2.75) is 38.9 Å². The van der Waals surface area contributed by atoms with Gasteiger partial charge in [-0.05, 0) is 18.1 Å². The first-order valence-corrected chi connectivity index (χ1v) is 7.24. The Kier molecular flexibility index (Phi) is 4.17. The Hall–Kier alpha value is -0.123. The van der Waals surface area contributed by atoms with Crippen molar-refractivity contribution in [1.29, 1.82) is 0 Å². The third-order valence-electron chi connectivity index (χ3n) is 2.36. The van der Waals surface area contributed by atoms with Crippen molar-refractivity contribution >= 4 is 8.32 Å². The van der Waals surface area contributed by atoms with Crippen LogP contribution in [-0.2, 0) is 4.53 Å². The van der Waals surface area contributed by atoms with E-state index in [1.165, 1.54) is 0 Å². The molecule has 0 fully saturated rings. The lowest BCUT2D eigenvalue weighted by Crippen LogP contribution is -2.45. The highest BCUT2D eigenvalue weighted by Crippen LogP contribution is 2.35. The van der Waals surface area contributed by atoms with Crippen molar-refractivity contribution < 1.29 is 4.53 Å². The van der Waals surface area contributed by atoms with Gasteiger partial charge in [-0.2, -0.15) is 0 Å². The van der Waals surface area contributed by atoms with Crippen LogP contribution in [0, 0.1) is 0 Å². The average molecular weight is 187 g/mol. The van der Waals surface area contributed by atoms with Crippen molar-refractivity contribution in [2.75, 3.05) is 6.54 Å². The second-order valence-corrected chi connectivity index (χ2v) is 9.22. The molecule has 0 bridgehead atoms. The van der Waals surface area contributed by atoms with Crippen molar-refractivity contribution in [3.8, 4) is 0 Å². The van der Waals surface area contributed by atoms with Gasteiger partial charge in [-0.15, -0.1) is 6.58 Å². The van der Waals surface area contributed by atoms with Crippen LogP contribution in [0.3, 0.4) is 0 Å². The molecule has 0 spiro atoms. The van der Waals surface area contributed by atoms with Crippen LogP contribution in [0.25, 0.3) is 0 Å². The van der Waals surface area contributed by atoms with E-state index < -0.39 is 8.32 Å². The molecule has 0 aromatic heterocycles. The van der Waals surface area contributed by atoms with Gasteiger partial charge in [-0.25, -0.2) is 5.48 Å². The third-order valence-corrected chi connectivity index (χ3v) is 6.63. The smallest absolute Gasteiger partial charge is 0.219 e. The van der Waals surface area contributed by atoms with E-state index in [0.29, 0.717) is 6.54 Å². The van der Waals surface area contributed by atoms with Gasteiger partial charge in [0.05, 0.1) is 0 Å². The molecule has 3 heteroatoms. The highest BCUT2D eigenvalue weighted by Gasteiger charge is 2.37. The van der Waals surface area contributed by atoms with Gasteiger partial charge in [-0.1, -0.05) is 26.8 Å². The molecule has 0 radical (unpaired) electrons. The lowest BCUT2D eigenvalue weighted by atomic mass is 10.2. The van der Waals surface area contributed by atoms with E-state index in [-0.39, 0.29) is 5.04 Å². The summed E-state index contributed by atoms with van der Waals surface area (Å²) in [6, 6.07) is 0. The average Bonchev–Trinajstić information content (AvgIpc) is 1.85.